The van der Waals surface area contributed by atoms with Crippen molar-refractivity contribution in [2.24, 2.45) is 0 Å². The topological polar surface area (TPSA) is 36.1 Å². The van der Waals surface area contributed by atoms with Gasteiger partial charge in [0.15, 0.2) is 0 Å². The summed E-state index contributed by atoms with van der Waals surface area (Å²) in [5.74, 6) is 0. The molecule has 1 heterocycles. The molecule has 1 fully saturated rings. The molecule has 0 spiro atoms. The third kappa shape index (κ3) is 6.23. The van der Waals surface area contributed by atoms with Crippen LogP contribution in [0.1, 0.15) is 35.2 Å². The molecule has 0 amide bonds. The monoisotopic (exact) mass is 743 g/mol. The van der Waals surface area contributed by atoms with Gasteiger partial charge in [-0.15, -0.1) is 0 Å². The lowest BCUT2D eigenvalue weighted by Crippen LogP contribution is -2.54. The number of fused-ring (bicyclic) bond motifs is 5. The van der Waals surface area contributed by atoms with Crippen LogP contribution in [-0.4, -0.2) is 0 Å². The predicted molar refractivity (Wildman–Crippen MR) is 243 cm³/mol. The summed E-state index contributed by atoms with van der Waals surface area (Å²) in [5.41, 5.74) is 11.0. The first-order chi connectivity index (χ1) is 28.7. The second kappa shape index (κ2) is 14.6. The van der Waals surface area contributed by atoms with Crippen molar-refractivity contribution in [3.63, 3.8) is 0 Å². The smallest absolute Gasteiger partial charge is 0.0870 e. The maximum Gasteiger partial charge on any atom is 0.0870 e. The lowest BCUT2D eigenvalue weighted by Gasteiger charge is -2.40. The first kappa shape index (κ1) is 34.4. The third-order valence-corrected chi connectivity index (χ3v) is 12.0. The van der Waals surface area contributed by atoms with Crippen molar-refractivity contribution in [3.05, 3.63) is 229 Å². The van der Waals surface area contributed by atoms with E-state index >= 15 is 0 Å². The van der Waals surface area contributed by atoms with Gasteiger partial charge in [-0.3, -0.25) is 16.0 Å². The highest BCUT2D eigenvalue weighted by molar-refractivity contribution is 6.20. The van der Waals surface area contributed by atoms with E-state index in [9.17, 15) is 0 Å². The zero-order chi connectivity index (χ0) is 38.4. The van der Waals surface area contributed by atoms with Crippen molar-refractivity contribution in [1.82, 2.24) is 16.0 Å². The minimum absolute atomic E-state index is 0.0477. The average molecular weight is 744 g/mol. The van der Waals surface area contributed by atoms with Gasteiger partial charge in [0, 0.05) is 0 Å². The van der Waals surface area contributed by atoms with Crippen LogP contribution in [0.15, 0.2) is 212 Å². The molecule has 0 bridgehead atoms. The Hall–Kier alpha value is -6.88. The van der Waals surface area contributed by atoms with E-state index in [1.165, 1.54) is 93.2 Å². The maximum atomic E-state index is 3.93. The molecule has 0 saturated carbocycles. The van der Waals surface area contributed by atoms with Gasteiger partial charge in [0.25, 0.3) is 0 Å². The van der Waals surface area contributed by atoms with E-state index in [1.54, 1.807) is 0 Å². The highest BCUT2D eigenvalue weighted by Gasteiger charge is 2.31. The highest BCUT2D eigenvalue weighted by Crippen LogP contribution is 2.40. The normalized spacial score (nSPS) is 16.9. The van der Waals surface area contributed by atoms with Crippen LogP contribution >= 0.6 is 0 Å². The van der Waals surface area contributed by atoms with Gasteiger partial charge in [0.05, 0.1) is 18.5 Å². The maximum absolute atomic E-state index is 3.93. The van der Waals surface area contributed by atoms with Crippen LogP contribution in [0.3, 0.4) is 0 Å². The van der Waals surface area contributed by atoms with Crippen molar-refractivity contribution in [3.8, 4) is 33.4 Å². The summed E-state index contributed by atoms with van der Waals surface area (Å²) in [6.45, 7) is 0. The summed E-state index contributed by atoms with van der Waals surface area (Å²) in [6, 6.07) is 77.3. The van der Waals surface area contributed by atoms with Crippen molar-refractivity contribution in [1.29, 1.82) is 0 Å². The zero-order valence-electron chi connectivity index (χ0n) is 31.9. The fourth-order valence-corrected chi connectivity index (χ4v) is 9.07. The molecule has 10 aromatic rings. The van der Waals surface area contributed by atoms with E-state index in [-0.39, 0.29) is 18.5 Å². The summed E-state index contributed by atoms with van der Waals surface area (Å²) >= 11 is 0. The van der Waals surface area contributed by atoms with Crippen molar-refractivity contribution >= 4 is 43.1 Å². The molecule has 276 valence electrons. The lowest BCUT2D eigenvalue weighted by molar-refractivity contribution is 0.203. The van der Waals surface area contributed by atoms with Gasteiger partial charge in [0.1, 0.15) is 0 Å². The SMILES string of the molecule is c1ccc(-c2ccccc2C2NC(c3ccccc3)NC(c3ccc4cc(-c5ccc(-c6c7ccccc7cc7c6ccc6ccccc67)cc5)ccc4c3)N2)cc1. The van der Waals surface area contributed by atoms with Crippen LogP contribution in [0.2, 0.25) is 0 Å². The van der Waals surface area contributed by atoms with Crippen LogP contribution in [0.5, 0.6) is 0 Å². The number of benzene rings is 10. The Morgan fingerprint density at radius 1 is 0.276 bits per heavy atom. The lowest BCUT2D eigenvalue weighted by atomic mass is 9.89. The molecule has 0 aromatic heterocycles. The number of rotatable bonds is 6. The van der Waals surface area contributed by atoms with Gasteiger partial charge in [-0.05, 0) is 111 Å². The van der Waals surface area contributed by atoms with E-state index in [0.29, 0.717) is 0 Å². The molecule has 1 aliphatic heterocycles. The first-order valence-electron chi connectivity index (χ1n) is 20.2. The molecule has 3 atom stereocenters. The van der Waals surface area contributed by atoms with E-state index in [0.717, 1.165) is 0 Å². The molecule has 3 heteroatoms. The molecule has 11 rings (SSSR count). The molecule has 3 N–H and O–H groups in total. The molecule has 0 aliphatic carbocycles. The molecule has 3 unspecified atom stereocenters. The Balaban J connectivity index is 0.920. The minimum atomic E-state index is -0.0833. The Morgan fingerprint density at radius 3 is 1.69 bits per heavy atom. The molecular weight excluding hydrogens is 703 g/mol. The molecule has 10 aromatic carbocycles. The van der Waals surface area contributed by atoms with Crippen molar-refractivity contribution in [2.45, 2.75) is 18.5 Å². The standard InChI is InChI=1S/C55H41N3/c1-3-13-37(14-4-1)46-19-11-12-22-50(46)55-57-53(40-16-5-2-6-17-40)56-54(58-55)45-30-29-42-33-41(27-28-43(42)34-45)36-23-25-39(26-24-36)52-48-21-10-8-18-44(48)35-51-47-20-9-7-15-38(47)31-32-49(51)52/h1-35,53-58H. The summed E-state index contributed by atoms with van der Waals surface area (Å²) in [4.78, 5) is 0. The van der Waals surface area contributed by atoms with Gasteiger partial charge in [-0.25, -0.2) is 0 Å². The van der Waals surface area contributed by atoms with E-state index < -0.39 is 0 Å². The second-order valence-electron chi connectivity index (χ2n) is 15.4. The van der Waals surface area contributed by atoms with Gasteiger partial charge < -0.3 is 0 Å². The summed E-state index contributed by atoms with van der Waals surface area (Å²) < 4.78 is 0. The Bertz CT molecular complexity index is 3100. The average Bonchev–Trinajstić information content (AvgIpc) is 3.31. The number of hydrogen-bond donors (Lipinski definition) is 3. The van der Waals surface area contributed by atoms with Gasteiger partial charge >= 0.3 is 0 Å². The van der Waals surface area contributed by atoms with Gasteiger partial charge in [0.2, 0.25) is 0 Å². The fourth-order valence-electron chi connectivity index (χ4n) is 9.07. The summed E-state index contributed by atoms with van der Waals surface area (Å²) in [6.07, 6.45) is -0.214. The summed E-state index contributed by atoms with van der Waals surface area (Å²) in [5, 5.41) is 21.8. The van der Waals surface area contributed by atoms with E-state index in [4.69, 9.17) is 0 Å². The van der Waals surface area contributed by atoms with Crippen LogP contribution in [0.4, 0.5) is 0 Å². The highest BCUT2D eigenvalue weighted by atomic mass is 15.4. The Morgan fingerprint density at radius 2 is 0.862 bits per heavy atom. The molecule has 1 aliphatic rings. The Labute approximate surface area is 338 Å². The second-order valence-corrected chi connectivity index (χ2v) is 15.4. The molecule has 0 radical (unpaired) electrons. The largest absolute Gasteiger partial charge is 0.279 e. The molecule has 58 heavy (non-hydrogen) atoms. The molecule has 1 saturated heterocycles. The zero-order valence-corrected chi connectivity index (χ0v) is 31.9. The predicted octanol–water partition coefficient (Wildman–Crippen LogP) is 13.5. The molecule has 3 nitrogen and oxygen atoms in total. The quantitative estimate of drug-likeness (QED) is 0.117. The van der Waals surface area contributed by atoms with Crippen molar-refractivity contribution in [2.75, 3.05) is 0 Å². The molecular formula is C55H41N3. The van der Waals surface area contributed by atoms with Crippen LogP contribution in [0.25, 0.3) is 76.5 Å². The van der Waals surface area contributed by atoms with Gasteiger partial charge in [-0.2, -0.15) is 0 Å². The Kier molecular flexibility index (Phi) is 8.63. The van der Waals surface area contributed by atoms with Crippen molar-refractivity contribution < 1.29 is 0 Å². The van der Waals surface area contributed by atoms with E-state index in [1.807, 2.05) is 0 Å². The van der Waals surface area contributed by atoms with E-state index in [2.05, 4.69) is 228 Å². The summed E-state index contributed by atoms with van der Waals surface area (Å²) in [7, 11) is 0. The van der Waals surface area contributed by atoms with Gasteiger partial charge in [-0.1, -0.05) is 194 Å². The third-order valence-electron chi connectivity index (χ3n) is 12.0. The fraction of sp³-hybridized carbons (Fsp3) is 0.0545. The number of nitrogens with one attached hydrogen (secondary N) is 3. The minimum Gasteiger partial charge on any atom is -0.279 e. The van der Waals surface area contributed by atoms with Crippen LogP contribution < -0.4 is 16.0 Å². The number of hydrogen-bond acceptors (Lipinski definition) is 3. The van der Waals surface area contributed by atoms with Crippen LogP contribution in [-0.2, 0) is 0 Å². The first-order valence-corrected chi connectivity index (χ1v) is 20.2. The van der Waals surface area contributed by atoms with Crippen LogP contribution in [0, 0.1) is 0 Å².